The highest BCUT2D eigenvalue weighted by molar-refractivity contribution is 5.75. The summed E-state index contributed by atoms with van der Waals surface area (Å²) < 4.78 is 47.3. The first-order valence-electron chi connectivity index (χ1n) is 7.28. The van der Waals surface area contributed by atoms with Gasteiger partial charge in [0.15, 0.2) is 0 Å². The van der Waals surface area contributed by atoms with Gasteiger partial charge in [0.25, 0.3) is 6.10 Å². The summed E-state index contributed by atoms with van der Waals surface area (Å²) in [7, 11) is 0. The van der Waals surface area contributed by atoms with Crippen molar-refractivity contribution in [1.29, 1.82) is 0 Å². The average Bonchev–Trinajstić information content (AvgIpc) is 2.36. The van der Waals surface area contributed by atoms with Crippen LogP contribution in [0.25, 0.3) is 0 Å². The lowest BCUT2D eigenvalue weighted by Crippen LogP contribution is -2.40. The molecule has 0 saturated heterocycles. The Bertz CT molecular complexity index is 255. The van der Waals surface area contributed by atoms with Crippen molar-refractivity contribution in [2.24, 2.45) is 0 Å². The number of carbonyl (C=O) groups is 1. The van der Waals surface area contributed by atoms with E-state index in [1.54, 1.807) is 0 Å². The Morgan fingerprint density at radius 2 is 1.55 bits per heavy atom. The first-order chi connectivity index (χ1) is 9.43. The minimum Gasteiger partial charge on any atom is -0.464 e. The topological polar surface area (TPSA) is 35.5 Å². The molecule has 1 unspecified atom stereocenters. The van der Waals surface area contributed by atoms with Gasteiger partial charge in [-0.05, 0) is 12.8 Å². The van der Waals surface area contributed by atoms with Crippen molar-refractivity contribution in [1.82, 2.24) is 0 Å². The first kappa shape index (κ1) is 19.2. The lowest BCUT2D eigenvalue weighted by molar-refractivity contribution is -0.230. The van der Waals surface area contributed by atoms with Crippen LogP contribution in [0.3, 0.4) is 0 Å². The molecule has 0 aliphatic carbocycles. The Hall–Kier alpha value is -0.780. The minimum atomic E-state index is -4.72. The number of alkyl halides is 3. The summed E-state index contributed by atoms with van der Waals surface area (Å²) in [4.78, 5) is 11.4. The van der Waals surface area contributed by atoms with Crippen molar-refractivity contribution >= 4 is 5.97 Å². The van der Waals surface area contributed by atoms with Gasteiger partial charge in [0, 0.05) is 6.61 Å². The highest BCUT2D eigenvalue weighted by atomic mass is 19.4. The van der Waals surface area contributed by atoms with E-state index in [4.69, 9.17) is 0 Å². The number of hydrogen-bond acceptors (Lipinski definition) is 3. The molecule has 0 aliphatic rings. The Kier molecular flexibility index (Phi) is 10.5. The molecule has 120 valence electrons. The van der Waals surface area contributed by atoms with Gasteiger partial charge in [0.2, 0.25) is 0 Å². The van der Waals surface area contributed by atoms with Crippen molar-refractivity contribution in [3.05, 3.63) is 0 Å². The second kappa shape index (κ2) is 10.9. The smallest absolute Gasteiger partial charge is 0.425 e. The van der Waals surface area contributed by atoms with E-state index in [0.717, 1.165) is 32.1 Å². The highest BCUT2D eigenvalue weighted by Gasteiger charge is 2.47. The summed E-state index contributed by atoms with van der Waals surface area (Å²) in [6.07, 6.45) is -1.44. The van der Waals surface area contributed by atoms with E-state index in [1.807, 2.05) is 6.92 Å². The number of unbranched alkanes of at least 4 members (excludes halogenated alkanes) is 5. The van der Waals surface area contributed by atoms with E-state index >= 15 is 0 Å². The molecule has 0 radical (unpaired) electrons. The van der Waals surface area contributed by atoms with Gasteiger partial charge in [-0.3, -0.25) is 0 Å². The molecule has 3 nitrogen and oxygen atoms in total. The number of halogens is 3. The van der Waals surface area contributed by atoms with Crippen molar-refractivity contribution in [3.8, 4) is 0 Å². The Labute approximate surface area is 118 Å². The molecule has 6 heteroatoms. The summed E-state index contributed by atoms with van der Waals surface area (Å²) in [6, 6.07) is 0. The molecule has 0 aromatic rings. The van der Waals surface area contributed by atoms with Crippen LogP contribution in [0.15, 0.2) is 0 Å². The van der Waals surface area contributed by atoms with Gasteiger partial charge in [0.05, 0.1) is 6.61 Å². The van der Waals surface area contributed by atoms with Crippen LogP contribution < -0.4 is 0 Å². The fraction of sp³-hybridized carbons (Fsp3) is 0.929. The van der Waals surface area contributed by atoms with Crippen LogP contribution >= 0.6 is 0 Å². The van der Waals surface area contributed by atoms with Gasteiger partial charge in [-0.2, -0.15) is 13.2 Å². The molecule has 0 aromatic heterocycles. The predicted octanol–water partition coefficient (Wildman–Crippen LogP) is 4.25. The van der Waals surface area contributed by atoms with Gasteiger partial charge < -0.3 is 9.47 Å². The van der Waals surface area contributed by atoms with Gasteiger partial charge >= 0.3 is 12.1 Å². The van der Waals surface area contributed by atoms with Crippen LogP contribution in [0.2, 0.25) is 0 Å². The second-order valence-corrected chi connectivity index (χ2v) is 4.73. The zero-order chi connectivity index (χ0) is 15.4. The highest BCUT2D eigenvalue weighted by Crippen LogP contribution is 2.24. The number of hydrogen-bond donors (Lipinski definition) is 0. The molecule has 0 rings (SSSR count). The molecule has 1 atom stereocenters. The van der Waals surface area contributed by atoms with Crippen LogP contribution in [0.1, 0.15) is 58.8 Å². The Morgan fingerprint density at radius 3 is 2.10 bits per heavy atom. The molecule has 0 amide bonds. The van der Waals surface area contributed by atoms with E-state index in [2.05, 4.69) is 16.4 Å². The first-order valence-corrected chi connectivity index (χ1v) is 7.28. The maximum Gasteiger partial charge on any atom is 0.425 e. The Morgan fingerprint density at radius 1 is 0.950 bits per heavy atom. The van der Waals surface area contributed by atoms with Gasteiger partial charge in [-0.1, -0.05) is 46.0 Å². The van der Waals surface area contributed by atoms with E-state index in [1.165, 1.54) is 0 Å². The molecule has 0 heterocycles. The monoisotopic (exact) mass is 298 g/mol. The van der Waals surface area contributed by atoms with E-state index in [0.29, 0.717) is 12.8 Å². The third-order valence-corrected chi connectivity index (χ3v) is 2.79. The predicted molar refractivity (Wildman–Crippen MR) is 70.4 cm³/mol. The SMILES string of the molecule is CCCCCCCOC(C(=O)OCCCC)C(F)(F)F. The summed E-state index contributed by atoms with van der Waals surface area (Å²) in [5, 5.41) is 0. The van der Waals surface area contributed by atoms with Gasteiger partial charge in [-0.25, -0.2) is 4.79 Å². The van der Waals surface area contributed by atoms with Crippen LogP contribution in [-0.2, 0) is 14.3 Å². The molecule has 0 saturated carbocycles. The molecule has 0 spiro atoms. The third-order valence-electron chi connectivity index (χ3n) is 2.79. The van der Waals surface area contributed by atoms with E-state index in [-0.39, 0.29) is 13.2 Å². The van der Waals surface area contributed by atoms with Gasteiger partial charge in [0.1, 0.15) is 0 Å². The molecule has 20 heavy (non-hydrogen) atoms. The number of carbonyl (C=O) groups excluding carboxylic acids is 1. The molecular weight excluding hydrogens is 273 g/mol. The van der Waals surface area contributed by atoms with Crippen LogP contribution in [0.5, 0.6) is 0 Å². The lowest BCUT2D eigenvalue weighted by atomic mass is 10.2. The van der Waals surface area contributed by atoms with E-state index in [9.17, 15) is 18.0 Å². The maximum atomic E-state index is 12.7. The van der Waals surface area contributed by atoms with Crippen molar-refractivity contribution in [2.75, 3.05) is 13.2 Å². The largest absolute Gasteiger partial charge is 0.464 e. The average molecular weight is 298 g/mol. The zero-order valence-electron chi connectivity index (χ0n) is 12.3. The fourth-order valence-electron chi connectivity index (χ4n) is 1.60. The number of esters is 1. The number of rotatable bonds is 11. The quantitative estimate of drug-likeness (QED) is 0.422. The van der Waals surface area contributed by atoms with Crippen molar-refractivity contribution in [2.45, 2.75) is 71.1 Å². The normalized spacial score (nSPS) is 13.2. The summed E-state index contributed by atoms with van der Waals surface area (Å²) in [5.41, 5.74) is 0. The second-order valence-electron chi connectivity index (χ2n) is 4.73. The molecule has 0 fully saturated rings. The van der Waals surface area contributed by atoms with Crippen LogP contribution in [0, 0.1) is 0 Å². The standard InChI is InChI=1S/C14H25F3O3/c1-3-5-7-8-9-11-19-12(14(15,16)17)13(18)20-10-6-4-2/h12H,3-11H2,1-2H3. The maximum absolute atomic E-state index is 12.7. The molecule has 0 aromatic carbocycles. The molecular formula is C14H25F3O3. The van der Waals surface area contributed by atoms with Crippen LogP contribution in [0.4, 0.5) is 13.2 Å². The molecule has 0 N–H and O–H groups in total. The van der Waals surface area contributed by atoms with E-state index < -0.39 is 18.2 Å². The van der Waals surface area contributed by atoms with Crippen molar-refractivity contribution < 1.29 is 27.4 Å². The third kappa shape index (κ3) is 9.18. The fourth-order valence-corrected chi connectivity index (χ4v) is 1.60. The number of ether oxygens (including phenoxy) is 2. The summed E-state index contributed by atoms with van der Waals surface area (Å²) in [5.74, 6) is -1.33. The Balaban J connectivity index is 4.06. The zero-order valence-corrected chi connectivity index (χ0v) is 12.3. The van der Waals surface area contributed by atoms with Crippen molar-refractivity contribution in [3.63, 3.8) is 0 Å². The minimum absolute atomic E-state index is 0.00176. The van der Waals surface area contributed by atoms with Gasteiger partial charge in [-0.15, -0.1) is 0 Å². The summed E-state index contributed by atoms with van der Waals surface area (Å²) >= 11 is 0. The summed E-state index contributed by atoms with van der Waals surface area (Å²) in [6.45, 7) is 3.85. The lowest BCUT2D eigenvalue weighted by Gasteiger charge is -2.19. The molecule has 0 bridgehead atoms. The molecule has 0 aliphatic heterocycles. The van der Waals surface area contributed by atoms with Crippen LogP contribution in [-0.4, -0.2) is 31.5 Å².